The van der Waals surface area contributed by atoms with E-state index in [0.717, 1.165) is 42.0 Å². The summed E-state index contributed by atoms with van der Waals surface area (Å²) in [6.45, 7) is 18.5. The minimum absolute atomic E-state index is 0.0260. The molecule has 8 aromatic rings. The van der Waals surface area contributed by atoms with Crippen LogP contribution in [0.4, 0.5) is 0 Å². The van der Waals surface area contributed by atoms with Gasteiger partial charge in [-0.05, 0) is 84.3 Å². The zero-order valence-corrected chi connectivity index (χ0v) is 33.4. The Bertz CT molecular complexity index is 2910. The van der Waals surface area contributed by atoms with Crippen LogP contribution in [-0.2, 0) is 6.42 Å². The average molecular weight is 742 g/mol. The number of aromatic nitrogens is 3. The first-order chi connectivity index (χ1) is 27.8. The summed E-state index contributed by atoms with van der Waals surface area (Å²) in [5.74, 6) is 2.04. The molecule has 57 heavy (non-hydrogen) atoms. The molecule has 0 radical (unpaired) electrons. The largest absolute Gasteiger partial charge is 0.309 e. The molecule has 6 aromatic carbocycles. The molecule has 0 spiro atoms. The predicted octanol–water partition coefficient (Wildman–Crippen LogP) is 12.9. The maximum Gasteiger partial charge on any atom is 0.300 e. The number of aliphatic imine (C=N–C) groups is 1. The summed E-state index contributed by atoms with van der Waals surface area (Å²) in [7, 11) is 0. The summed E-state index contributed by atoms with van der Waals surface area (Å²) in [6, 6.07) is 49.5. The van der Waals surface area contributed by atoms with Gasteiger partial charge in [0.15, 0.2) is 11.0 Å². The van der Waals surface area contributed by atoms with Crippen LogP contribution in [0.2, 0.25) is 0 Å². The third-order valence-corrected chi connectivity index (χ3v) is 12.6. The number of aryl methyl sites for hydroxylation is 1. The first-order valence-electron chi connectivity index (χ1n) is 20.6. The van der Waals surface area contributed by atoms with E-state index in [4.69, 9.17) is 11.6 Å². The van der Waals surface area contributed by atoms with Crippen LogP contribution in [0, 0.1) is 0 Å². The van der Waals surface area contributed by atoms with E-state index in [0.29, 0.717) is 11.8 Å². The van der Waals surface area contributed by atoms with Gasteiger partial charge in [0.1, 0.15) is 11.4 Å². The SMILES string of the molecule is C=CC1=NC2CC(=C)n3c([n+](-c4c(C(C)C)cccc4C(C)C)c4ccccc43)-c3cc4c5ccccc5n(-c5ccccc5)c4cc3CCC2c2ccccc21. The summed E-state index contributed by atoms with van der Waals surface area (Å²) in [6.07, 6.45) is 4.53. The van der Waals surface area contributed by atoms with Crippen molar-refractivity contribution in [3.8, 4) is 22.8 Å². The third kappa shape index (κ3) is 5.49. The summed E-state index contributed by atoms with van der Waals surface area (Å²) >= 11 is 0. The Labute approximate surface area is 335 Å². The average Bonchev–Trinajstić information content (AvgIpc) is 3.75. The van der Waals surface area contributed by atoms with Gasteiger partial charge in [-0.3, -0.25) is 4.99 Å². The van der Waals surface area contributed by atoms with E-state index >= 15 is 0 Å². The van der Waals surface area contributed by atoms with Crippen LogP contribution in [0.5, 0.6) is 0 Å². The minimum Gasteiger partial charge on any atom is -0.309 e. The number of nitrogens with zero attached hydrogens (tertiary/aromatic N) is 4. The van der Waals surface area contributed by atoms with Crippen LogP contribution < -0.4 is 4.57 Å². The Kier molecular flexibility index (Phi) is 8.48. The van der Waals surface area contributed by atoms with Crippen LogP contribution in [0.3, 0.4) is 0 Å². The van der Waals surface area contributed by atoms with E-state index in [2.05, 4.69) is 181 Å². The second-order valence-electron chi connectivity index (χ2n) is 16.6. The van der Waals surface area contributed by atoms with Gasteiger partial charge in [0, 0.05) is 45.5 Å². The fraction of sp³-hybridized carbons (Fsp3) is 0.208. The lowest BCUT2D eigenvalue weighted by Crippen LogP contribution is -2.37. The first-order valence-corrected chi connectivity index (χ1v) is 20.6. The summed E-state index contributed by atoms with van der Waals surface area (Å²) in [5, 5.41) is 2.50. The zero-order chi connectivity index (χ0) is 38.9. The van der Waals surface area contributed by atoms with Crippen molar-refractivity contribution < 1.29 is 4.57 Å². The highest BCUT2D eigenvalue weighted by Crippen LogP contribution is 2.44. The number of fused-ring (bicyclic) bond motifs is 11. The van der Waals surface area contributed by atoms with Crippen molar-refractivity contribution in [2.45, 2.75) is 70.8 Å². The molecule has 2 unspecified atom stereocenters. The van der Waals surface area contributed by atoms with Gasteiger partial charge in [-0.2, -0.15) is 9.13 Å². The molecule has 4 heterocycles. The molecule has 10 rings (SSSR count). The van der Waals surface area contributed by atoms with Gasteiger partial charge in [0.25, 0.3) is 5.82 Å². The lowest BCUT2D eigenvalue weighted by molar-refractivity contribution is -0.556. The number of imidazole rings is 1. The first kappa shape index (κ1) is 35.2. The second-order valence-corrected chi connectivity index (χ2v) is 16.6. The van der Waals surface area contributed by atoms with Gasteiger partial charge >= 0.3 is 0 Å². The lowest BCUT2D eigenvalue weighted by atomic mass is 9.78. The molecular formula is C53H49N4+. The van der Waals surface area contributed by atoms with Crippen LogP contribution >= 0.6 is 0 Å². The molecule has 4 heteroatoms. The lowest BCUT2D eigenvalue weighted by Gasteiger charge is -2.32. The fourth-order valence-corrected chi connectivity index (χ4v) is 10.00. The van der Waals surface area contributed by atoms with Crippen molar-refractivity contribution in [2.24, 2.45) is 4.99 Å². The Morgan fingerprint density at radius 3 is 2.12 bits per heavy atom. The molecule has 0 bridgehead atoms. The summed E-state index contributed by atoms with van der Waals surface area (Å²) in [4.78, 5) is 5.48. The van der Waals surface area contributed by atoms with Gasteiger partial charge in [-0.15, -0.1) is 0 Å². The molecule has 2 aliphatic rings. The molecule has 0 N–H and O–H groups in total. The topological polar surface area (TPSA) is 26.1 Å². The molecule has 2 aliphatic heterocycles. The Morgan fingerprint density at radius 1 is 0.684 bits per heavy atom. The Hall–Kier alpha value is -6.26. The van der Waals surface area contributed by atoms with Gasteiger partial charge < -0.3 is 4.57 Å². The van der Waals surface area contributed by atoms with Gasteiger partial charge in [0.05, 0.1) is 28.4 Å². The summed E-state index contributed by atoms with van der Waals surface area (Å²) in [5.41, 5.74) is 17.1. The normalized spacial score (nSPS) is 16.7. The van der Waals surface area contributed by atoms with Crippen molar-refractivity contribution in [1.29, 1.82) is 0 Å². The highest BCUT2D eigenvalue weighted by atomic mass is 15.2. The minimum atomic E-state index is 0.0260. The number of hydrogen-bond donors (Lipinski definition) is 0. The molecule has 2 aromatic heterocycles. The van der Waals surface area contributed by atoms with Gasteiger partial charge in [-0.1, -0.05) is 132 Å². The molecular weight excluding hydrogens is 693 g/mol. The van der Waals surface area contributed by atoms with E-state index in [1.54, 1.807) is 0 Å². The molecule has 0 saturated carbocycles. The maximum atomic E-state index is 5.48. The van der Waals surface area contributed by atoms with Crippen LogP contribution in [0.25, 0.3) is 61.3 Å². The fourth-order valence-electron chi connectivity index (χ4n) is 10.00. The highest BCUT2D eigenvalue weighted by Gasteiger charge is 2.39. The molecule has 0 amide bonds. The second kappa shape index (κ2) is 13.7. The number of allylic oxidation sites excluding steroid dienone is 1. The van der Waals surface area contributed by atoms with Crippen LogP contribution in [-0.4, -0.2) is 20.9 Å². The molecule has 0 saturated heterocycles. The Morgan fingerprint density at radius 2 is 1.37 bits per heavy atom. The predicted molar refractivity (Wildman–Crippen MR) is 239 cm³/mol. The summed E-state index contributed by atoms with van der Waals surface area (Å²) < 4.78 is 7.54. The van der Waals surface area contributed by atoms with Gasteiger partial charge in [-0.25, -0.2) is 0 Å². The number of rotatable bonds is 5. The monoisotopic (exact) mass is 741 g/mol. The van der Waals surface area contributed by atoms with Crippen LogP contribution in [0.1, 0.15) is 86.1 Å². The molecule has 4 nitrogen and oxygen atoms in total. The number of hydrogen-bond acceptors (Lipinski definition) is 1. The van der Waals surface area contributed by atoms with Crippen molar-refractivity contribution in [1.82, 2.24) is 9.13 Å². The van der Waals surface area contributed by atoms with Gasteiger partial charge in [0.2, 0.25) is 0 Å². The van der Waals surface area contributed by atoms with E-state index in [-0.39, 0.29) is 12.0 Å². The highest BCUT2D eigenvalue weighted by molar-refractivity contribution is 6.11. The number of para-hydroxylation sites is 5. The molecule has 280 valence electrons. The van der Waals surface area contributed by atoms with Crippen molar-refractivity contribution in [2.75, 3.05) is 0 Å². The number of benzene rings is 6. The third-order valence-electron chi connectivity index (χ3n) is 12.6. The van der Waals surface area contributed by atoms with E-state index in [9.17, 15) is 0 Å². The van der Waals surface area contributed by atoms with Crippen molar-refractivity contribution >= 4 is 44.2 Å². The van der Waals surface area contributed by atoms with E-state index in [1.165, 1.54) is 72.1 Å². The smallest absolute Gasteiger partial charge is 0.300 e. The van der Waals surface area contributed by atoms with Crippen molar-refractivity contribution in [3.05, 3.63) is 181 Å². The maximum absolute atomic E-state index is 5.48. The Balaban J connectivity index is 1.36. The molecule has 2 atom stereocenters. The quantitative estimate of drug-likeness (QED) is 0.157. The van der Waals surface area contributed by atoms with E-state index < -0.39 is 0 Å². The zero-order valence-electron chi connectivity index (χ0n) is 33.4. The van der Waals surface area contributed by atoms with Crippen LogP contribution in [0.15, 0.2) is 158 Å². The molecule has 0 aliphatic carbocycles. The van der Waals surface area contributed by atoms with E-state index in [1.807, 2.05) is 6.08 Å². The standard InChI is InChI=1S/C53H49N4/c1-7-46-41-21-12-11-20-40(41)42-29-28-36-31-51-45(43-22-13-14-25-48(43)56(51)37-18-9-8-10-19-37)32-44(36)53-55(35(6)30-47(42)54-46)49-26-15-16-27-50(49)57(53)52-38(33(2)3)23-17-24-39(52)34(4)5/h7-27,31-34,42,47H,1,6,28-30H2,2-5H3/q+1. The van der Waals surface area contributed by atoms with Crippen molar-refractivity contribution in [3.63, 3.8) is 0 Å². The molecule has 0 fully saturated rings.